The number of benzene rings is 2. The first-order chi connectivity index (χ1) is 16.7. The second kappa shape index (κ2) is 10.4. The molecule has 1 unspecified atom stereocenters. The predicted molar refractivity (Wildman–Crippen MR) is 128 cm³/mol. The number of carbonyl (C=O) groups is 1. The van der Waals surface area contributed by atoms with Gasteiger partial charge in [0.15, 0.2) is 12.6 Å². The van der Waals surface area contributed by atoms with Crippen LogP contribution in [0.1, 0.15) is 49.2 Å². The maximum atomic E-state index is 13.4. The highest BCUT2D eigenvalue weighted by Crippen LogP contribution is 2.42. The van der Waals surface area contributed by atoms with Crippen LogP contribution in [0.4, 0.5) is 0 Å². The van der Waals surface area contributed by atoms with Crippen molar-refractivity contribution in [2.45, 2.75) is 57.4 Å². The molecule has 4 atom stereocenters. The molecule has 1 N–H and O–H groups in total. The van der Waals surface area contributed by atoms with Gasteiger partial charge in [-0.3, -0.25) is 0 Å². The van der Waals surface area contributed by atoms with E-state index in [0.717, 1.165) is 11.1 Å². The first-order valence-corrected chi connectivity index (χ1v) is 11.6. The molecule has 2 aliphatic rings. The number of hydrogen-bond acceptors (Lipinski definition) is 8. The molecule has 35 heavy (non-hydrogen) atoms. The van der Waals surface area contributed by atoms with E-state index in [-0.39, 0.29) is 12.4 Å². The maximum absolute atomic E-state index is 13.4. The SMILES string of the molecule is COCOc1cc(OC)cc2c1C(=O)O[C@@H](C)C/C=C\C(O)[C@H]1OC(C)(C)O[C@@H]1c1cccc-2c1. The van der Waals surface area contributed by atoms with E-state index in [4.69, 9.17) is 28.4 Å². The Morgan fingerprint density at radius 3 is 2.69 bits per heavy atom. The van der Waals surface area contributed by atoms with Gasteiger partial charge in [0, 0.05) is 25.2 Å². The summed E-state index contributed by atoms with van der Waals surface area (Å²) in [4.78, 5) is 13.4. The third kappa shape index (κ3) is 5.51. The molecule has 2 aliphatic heterocycles. The highest BCUT2D eigenvalue weighted by atomic mass is 16.8. The normalized spacial score (nSPS) is 26.6. The molecule has 8 nitrogen and oxygen atoms in total. The summed E-state index contributed by atoms with van der Waals surface area (Å²) in [5, 5.41) is 10.9. The Labute approximate surface area is 205 Å². The van der Waals surface area contributed by atoms with Crippen molar-refractivity contribution in [2.75, 3.05) is 21.0 Å². The molecule has 2 aromatic rings. The summed E-state index contributed by atoms with van der Waals surface area (Å²) in [7, 11) is 3.05. The van der Waals surface area contributed by atoms with Crippen LogP contribution in [0.15, 0.2) is 48.6 Å². The minimum Gasteiger partial charge on any atom is -0.497 e. The number of hydrogen-bond donors (Lipinski definition) is 1. The number of aliphatic hydroxyl groups excluding tert-OH is 1. The van der Waals surface area contributed by atoms with Crippen LogP contribution < -0.4 is 9.47 Å². The molecule has 1 fully saturated rings. The van der Waals surface area contributed by atoms with Gasteiger partial charge in [-0.2, -0.15) is 0 Å². The van der Waals surface area contributed by atoms with Crippen LogP contribution in [-0.2, 0) is 18.9 Å². The van der Waals surface area contributed by atoms with Crippen molar-refractivity contribution in [2.24, 2.45) is 0 Å². The van der Waals surface area contributed by atoms with E-state index < -0.39 is 36.2 Å². The summed E-state index contributed by atoms with van der Waals surface area (Å²) in [5.74, 6) is -0.596. The van der Waals surface area contributed by atoms with Crippen LogP contribution in [0.3, 0.4) is 0 Å². The molecule has 0 saturated carbocycles. The topological polar surface area (TPSA) is 92.7 Å². The second-order valence-corrected chi connectivity index (χ2v) is 9.12. The van der Waals surface area contributed by atoms with Gasteiger partial charge in [-0.05, 0) is 44.0 Å². The quantitative estimate of drug-likeness (QED) is 0.388. The molecule has 1 saturated heterocycles. The minimum atomic E-state index is -0.905. The number of carbonyl (C=O) groups excluding carboxylic acids is 1. The van der Waals surface area contributed by atoms with E-state index in [2.05, 4.69) is 0 Å². The van der Waals surface area contributed by atoms with Crippen molar-refractivity contribution in [3.8, 4) is 22.6 Å². The molecular formula is C27H32O8. The summed E-state index contributed by atoms with van der Waals surface area (Å²) in [6, 6.07) is 11.0. The standard InChI is InChI=1S/C27H32O8/c1-16-8-6-11-21(28)25-24(34-27(2,3)35-25)18-10-7-9-17(12-18)20-13-19(31-5)14-22(32-15-30-4)23(20)26(29)33-16/h6-7,9-14,16,21,24-25,28H,8,15H2,1-5H3/b11-6-/t16-,21?,24+,25+/m0/s1. The Bertz CT molecular complexity index is 1090. The predicted octanol–water partition coefficient (Wildman–Crippen LogP) is 4.40. The van der Waals surface area contributed by atoms with Gasteiger partial charge in [-0.15, -0.1) is 0 Å². The molecule has 4 rings (SSSR count). The number of rotatable bonds is 4. The van der Waals surface area contributed by atoms with Gasteiger partial charge in [0.2, 0.25) is 0 Å². The molecule has 2 aromatic carbocycles. The molecule has 188 valence electrons. The van der Waals surface area contributed by atoms with Crippen LogP contribution in [0.5, 0.6) is 11.5 Å². The fourth-order valence-electron chi connectivity index (χ4n) is 4.37. The van der Waals surface area contributed by atoms with Gasteiger partial charge in [-0.1, -0.05) is 30.4 Å². The number of esters is 1. The first-order valence-electron chi connectivity index (χ1n) is 11.6. The Kier molecular flexibility index (Phi) is 7.47. The highest BCUT2D eigenvalue weighted by Gasteiger charge is 2.45. The van der Waals surface area contributed by atoms with Gasteiger partial charge < -0.3 is 33.5 Å². The van der Waals surface area contributed by atoms with Crippen LogP contribution in [0.2, 0.25) is 0 Å². The number of methoxy groups -OCH3 is 2. The summed E-state index contributed by atoms with van der Waals surface area (Å²) >= 11 is 0. The molecule has 0 spiro atoms. The van der Waals surface area contributed by atoms with E-state index >= 15 is 0 Å². The number of aliphatic hydroxyl groups is 1. The fraction of sp³-hybridized carbons (Fsp3) is 0.444. The summed E-state index contributed by atoms with van der Waals surface area (Å²) in [6.07, 6.45) is 1.38. The Balaban J connectivity index is 1.91. The third-order valence-corrected chi connectivity index (χ3v) is 5.95. The average molecular weight is 485 g/mol. The molecule has 8 heteroatoms. The molecule has 2 bridgehead atoms. The summed E-state index contributed by atoms with van der Waals surface area (Å²) in [6.45, 7) is 5.39. The van der Waals surface area contributed by atoms with Gasteiger partial charge in [-0.25, -0.2) is 4.79 Å². The fourth-order valence-corrected chi connectivity index (χ4v) is 4.37. The molecular weight excluding hydrogens is 452 g/mol. The van der Waals surface area contributed by atoms with Crippen molar-refractivity contribution < 1.29 is 38.3 Å². The lowest BCUT2D eigenvalue weighted by molar-refractivity contribution is -0.153. The smallest absolute Gasteiger partial charge is 0.342 e. The van der Waals surface area contributed by atoms with Crippen LogP contribution >= 0.6 is 0 Å². The Morgan fingerprint density at radius 1 is 1.14 bits per heavy atom. The van der Waals surface area contributed by atoms with Crippen LogP contribution in [-0.4, -0.2) is 56.2 Å². The molecule has 0 radical (unpaired) electrons. The zero-order chi connectivity index (χ0) is 25.2. The van der Waals surface area contributed by atoms with Crippen molar-refractivity contribution in [3.05, 3.63) is 59.7 Å². The zero-order valence-corrected chi connectivity index (χ0v) is 20.6. The van der Waals surface area contributed by atoms with Crippen LogP contribution in [0.25, 0.3) is 11.1 Å². The van der Waals surface area contributed by atoms with E-state index in [1.54, 1.807) is 38.3 Å². The van der Waals surface area contributed by atoms with Gasteiger partial charge in [0.05, 0.1) is 7.11 Å². The molecule has 0 aromatic heterocycles. The summed E-state index contributed by atoms with van der Waals surface area (Å²) < 4.78 is 34.4. The van der Waals surface area contributed by atoms with E-state index in [9.17, 15) is 9.90 Å². The van der Waals surface area contributed by atoms with Crippen molar-refractivity contribution in [3.63, 3.8) is 0 Å². The average Bonchev–Trinajstić information content (AvgIpc) is 3.17. The number of cyclic esters (lactones) is 1. The second-order valence-electron chi connectivity index (χ2n) is 9.12. The lowest BCUT2D eigenvalue weighted by Crippen LogP contribution is -2.30. The van der Waals surface area contributed by atoms with Gasteiger partial charge >= 0.3 is 5.97 Å². The zero-order valence-electron chi connectivity index (χ0n) is 20.6. The van der Waals surface area contributed by atoms with Crippen molar-refractivity contribution in [1.29, 1.82) is 0 Å². The lowest BCUT2D eigenvalue weighted by atomic mass is 9.93. The molecule has 2 heterocycles. The monoisotopic (exact) mass is 484 g/mol. The van der Waals surface area contributed by atoms with Crippen molar-refractivity contribution in [1.82, 2.24) is 0 Å². The number of ether oxygens (including phenoxy) is 6. The summed E-state index contributed by atoms with van der Waals surface area (Å²) in [5.41, 5.74) is 2.39. The first kappa shape index (κ1) is 25.2. The number of fused-ring (bicyclic) bond motifs is 6. The minimum absolute atomic E-state index is 0.0485. The molecule has 0 aliphatic carbocycles. The molecule has 0 amide bonds. The van der Waals surface area contributed by atoms with Crippen molar-refractivity contribution >= 4 is 5.97 Å². The maximum Gasteiger partial charge on any atom is 0.342 e. The third-order valence-electron chi connectivity index (χ3n) is 5.95. The van der Waals surface area contributed by atoms with Gasteiger partial charge in [0.25, 0.3) is 0 Å². The van der Waals surface area contributed by atoms with E-state index in [1.807, 2.05) is 38.1 Å². The Hall–Kier alpha value is -2.91. The highest BCUT2D eigenvalue weighted by molar-refractivity contribution is 6.01. The van der Waals surface area contributed by atoms with E-state index in [0.29, 0.717) is 23.5 Å². The van der Waals surface area contributed by atoms with Gasteiger partial charge in [0.1, 0.15) is 41.5 Å². The largest absolute Gasteiger partial charge is 0.497 e. The van der Waals surface area contributed by atoms with Crippen LogP contribution in [0, 0.1) is 0 Å². The van der Waals surface area contributed by atoms with E-state index in [1.165, 1.54) is 7.11 Å². The lowest BCUT2D eigenvalue weighted by Gasteiger charge is -2.23. The Morgan fingerprint density at radius 2 is 1.94 bits per heavy atom.